The molecule has 0 aliphatic heterocycles. The first kappa shape index (κ1) is 32.2. The molecular weight excluding hydrogens is 501 g/mol. The molecule has 6 nitrogen and oxygen atoms in total. The number of carbonyl (C=O) groups excluding carboxylic acids is 2. The Morgan fingerprint density at radius 2 is 1.71 bits per heavy atom. The second-order valence-electron chi connectivity index (χ2n) is 8.17. The summed E-state index contributed by atoms with van der Waals surface area (Å²) in [6, 6.07) is 6.47. The van der Waals surface area contributed by atoms with Crippen LogP contribution in [0.3, 0.4) is 0 Å². The van der Waals surface area contributed by atoms with Crippen LogP contribution in [0.5, 0.6) is 0 Å². The fraction of sp³-hybridized carbons (Fsp3) is 0.379. The molecule has 1 rings (SSSR count). The first-order valence-electron chi connectivity index (χ1n) is 11.7. The van der Waals surface area contributed by atoms with Gasteiger partial charge in [-0.2, -0.15) is 13.2 Å². The summed E-state index contributed by atoms with van der Waals surface area (Å²) in [5.74, 6) is 8.23. The molecule has 0 spiro atoms. The van der Waals surface area contributed by atoms with E-state index in [1.54, 1.807) is 0 Å². The highest BCUT2D eigenvalue weighted by Gasteiger charge is 2.64. The van der Waals surface area contributed by atoms with E-state index in [9.17, 15) is 22.8 Å². The van der Waals surface area contributed by atoms with Gasteiger partial charge in [-0.15, -0.1) is 0 Å². The lowest BCUT2D eigenvalue weighted by molar-refractivity contribution is -0.277. The van der Waals surface area contributed by atoms with Crippen molar-refractivity contribution in [1.82, 2.24) is 0 Å². The van der Waals surface area contributed by atoms with E-state index in [2.05, 4.69) is 23.7 Å². The van der Waals surface area contributed by atoms with Crippen molar-refractivity contribution in [3.05, 3.63) is 72.4 Å². The molecule has 2 atom stereocenters. The summed E-state index contributed by atoms with van der Waals surface area (Å²) in [5, 5.41) is 8.61. The van der Waals surface area contributed by atoms with E-state index in [1.807, 2.05) is 13.8 Å². The lowest BCUT2D eigenvalue weighted by Gasteiger charge is -2.33. The molecule has 0 aliphatic carbocycles. The van der Waals surface area contributed by atoms with Crippen LogP contribution in [0.1, 0.15) is 32.3 Å². The zero-order valence-electron chi connectivity index (χ0n) is 21.5. The van der Waals surface area contributed by atoms with Gasteiger partial charge in [0.2, 0.25) is 0 Å². The Morgan fingerprint density at radius 1 is 1.05 bits per heavy atom. The van der Waals surface area contributed by atoms with Crippen LogP contribution in [0.25, 0.3) is 0 Å². The number of allylic oxidation sites excluding steroid dienone is 4. The molecule has 0 aromatic heterocycles. The van der Waals surface area contributed by atoms with Crippen LogP contribution in [0.15, 0.2) is 66.8 Å². The van der Waals surface area contributed by atoms with E-state index in [-0.39, 0.29) is 32.0 Å². The van der Waals surface area contributed by atoms with Crippen LogP contribution in [-0.2, 0) is 29.4 Å². The van der Waals surface area contributed by atoms with Gasteiger partial charge in [-0.25, -0.2) is 4.79 Å². The molecule has 1 N–H and O–H groups in total. The van der Waals surface area contributed by atoms with Gasteiger partial charge in [0.1, 0.15) is 6.10 Å². The summed E-state index contributed by atoms with van der Waals surface area (Å²) in [4.78, 5) is 24.8. The highest BCUT2D eigenvalue weighted by atomic mass is 19.4. The van der Waals surface area contributed by atoms with Crippen molar-refractivity contribution < 1.29 is 42.1 Å². The first-order valence-corrected chi connectivity index (χ1v) is 11.7. The van der Waals surface area contributed by atoms with Crippen LogP contribution in [0, 0.1) is 29.6 Å². The summed E-state index contributed by atoms with van der Waals surface area (Å²) in [5.41, 5.74) is -3.78. The maximum atomic E-state index is 14.2. The number of ether oxygens (including phenoxy) is 3. The topological polar surface area (TPSA) is 82.1 Å². The molecule has 0 saturated heterocycles. The van der Waals surface area contributed by atoms with Crippen LogP contribution in [0.4, 0.5) is 13.2 Å². The number of aliphatic hydroxyl groups is 1. The van der Waals surface area contributed by atoms with E-state index >= 15 is 0 Å². The van der Waals surface area contributed by atoms with Crippen LogP contribution in [0.2, 0.25) is 0 Å². The number of hydrogen-bond donors (Lipinski definition) is 1. The van der Waals surface area contributed by atoms with Crippen molar-refractivity contribution >= 4 is 11.9 Å². The predicted octanol–water partition coefficient (Wildman–Crippen LogP) is 4.65. The van der Waals surface area contributed by atoms with Crippen LogP contribution in [-0.4, -0.2) is 49.6 Å². The van der Waals surface area contributed by atoms with Crippen molar-refractivity contribution in [1.29, 1.82) is 0 Å². The average molecular weight is 533 g/mol. The van der Waals surface area contributed by atoms with Gasteiger partial charge in [-0.1, -0.05) is 74.2 Å². The zero-order valence-corrected chi connectivity index (χ0v) is 21.5. The number of hydrogen-bond acceptors (Lipinski definition) is 6. The highest BCUT2D eigenvalue weighted by molar-refractivity contribution is 5.83. The van der Waals surface area contributed by atoms with Gasteiger partial charge in [0.25, 0.3) is 5.60 Å². The Labute approximate surface area is 221 Å². The molecule has 0 amide bonds. The third kappa shape index (κ3) is 10.7. The van der Waals surface area contributed by atoms with Gasteiger partial charge in [0.05, 0.1) is 13.2 Å². The van der Waals surface area contributed by atoms with Crippen LogP contribution >= 0.6 is 0 Å². The molecule has 0 unspecified atom stereocenters. The second-order valence-corrected chi connectivity index (χ2v) is 8.17. The van der Waals surface area contributed by atoms with Crippen molar-refractivity contribution in [2.45, 2.75) is 44.6 Å². The Morgan fingerprint density at radius 3 is 2.29 bits per heavy atom. The fourth-order valence-electron chi connectivity index (χ4n) is 3.04. The van der Waals surface area contributed by atoms with Gasteiger partial charge in [-0.05, 0) is 36.0 Å². The van der Waals surface area contributed by atoms with Gasteiger partial charge < -0.3 is 19.3 Å². The molecule has 0 aliphatic rings. The third-order valence-electron chi connectivity index (χ3n) is 4.80. The molecule has 0 heterocycles. The average Bonchev–Trinajstić information content (AvgIpc) is 2.85. The van der Waals surface area contributed by atoms with Gasteiger partial charge in [0, 0.05) is 25.5 Å². The van der Waals surface area contributed by atoms with E-state index in [1.165, 1.54) is 54.7 Å². The Hall–Kier alpha value is -3.79. The zero-order chi connectivity index (χ0) is 28.4. The number of aliphatic hydroxyl groups excluding tert-OH is 1. The maximum Gasteiger partial charge on any atom is 0.432 e. The Bertz CT molecular complexity index is 1100. The normalized spacial score (nSPS) is 14.0. The molecule has 9 heteroatoms. The van der Waals surface area contributed by atoms with Gasteiger partial charge in [-0.3, -0.25) is 4.79 Å². The molecule has 0 radical (unpaired) electrons. The molecule has 1 aromatic carbocycles. The SMILES string of the molecule is CO[C@](C(=O)O[C@H](/C=C/C=C/C#CC#C/C=C/CO)CCOC(=O)CC(C)C)(c1ccccc1)C(F)(F)F. The minimum Gasteiger partial charge on any atom is -0.466 e. The number of carbonyl (C=O) groups is 2. The van der Waals surface area contributed by atoms with Crippen molar-refractivity contribution in [2.24, 2.45) is 5.92 Å². The van der Waals surface area contributed by atoms with E-state index in [4.69, 9.17) is 19.3 Å². The molecule has 0 saturated carbocycles. The number of methoxy groups -OCH3 is 1. The molecule has 38 heavy (non-hydrogen) atoms. The van der Waals surface area contributed by atoms with E-state index < -0.39 is 35.4 Å². The Kier molecular flexibility index (Phi) is 14.3. The number of benzene rings is 1. The maximum absolute atomic E-state index is 14.2. The molecule has 0 bridgehead atoms. The predicted molar refractivity (Wildman–Crippen MR) is 136 cm³/mol. The number of alkyl halides is 3. The number of halogens is 3. The largest absolute Gasteiger partial charge is 0.466 e. The second kappa shape index (κ2) is 16.9. The van der Waals surface area contributed by atoms with Crippen LogP contribution < -0.4 is 0 Å². The third-order valence-corrected chi connectivity index (χ3v) is 4.80. The number of rotatable bonds is 12. The fourth-order valence-corrected chi connectivity index (χ4v) is 3.04. The number of esters is 2. The van der Waals surface area contributed by atoms with Gasteiger partial charge >= 0.3 is 18.1 Å². The summed E-state index contributed by atoms with van der Waals surface area (Å²) in [6.07, 6.45) is 2.39. The van der Waals surface area contributed by atoms with Crippen molar-refractivity contribution in [3.63, 3.8) is 0 Å². The lowest BCUT2D eigenvalue weighted by atomic mass is 9.92. The minimum atomic E-state index is -5.12. The van der Waals surface area contributed by atoms with Gasteiger partial charge in [0.15, 0.2) is 0 Å². The molecule has 1 aromatic rings. The summed E-state index contributed by atoms with van der Waals surface area (Å²) < 4.78 is 57.7. The van der Waals surface area contributed by atoms with Crippen molar-refractivity contribution in [2.75, 3.05) is 20.3 Å². The standard InChI is InChI=1S/C29H31F3O6/c1-23(2)22-26(34)37-21-19-25(18-14-9-7-5-4-6-8-10-15-20-33)38-27(35)28(36-3,29(30,31)32)24-16-12-11-13-17-24/h7,9-18,23,25,33H,19-22H2,1-3H3/b9-7+,15-10+,18-14+/t25-,28+/m1/s1. The minimum absolute atomic E-state index is 0.0673. The highest BCUT2D eigenvalue weighted by Crippen LogP contribution is 2.43. The molecule has 204 valence electrons. The Balaban J connectivity index is 3.11. The summed E-state index contributed by atoms with van der Waals surface area (Å²) in [6.45, 7) is 3.37. The quantitative estimate of drug-likeness (QED) is 0.240. The smallest absolute Gasteiger partial charge is 0.432 e. The molecular formula is C29H31F3O6. The summed E-state index contributed by atoms with van der Waals surface area (Å²) >= 11 is 0. The monoisotopic (exact) mass is 532 g/mol. The molecule has 0 fully saturated rings. The van der Waals surface area contributed by atoms with E-state index in [0.717, 1.165) is 19.2 Å². The van der Waals surface area contributed by atoms with E-state index in [0.29, 0.717) is 0 Å². The first-order chi connectivity index (χ1) is 18.1. The lowest BCUT2D eigenvalue weighted by Crippen LogP contribution is -2.52. The van der Waals surface area contributed by atoms with Crippen molar-refractivity contribution in [3.8, 4) is 23.7 Å². The summed E-state index contributed by atoms with van der Waals surface area (Å²) in [7, 11) is 0.782.